The Balaban J connectivity index is 3.85. The minimum Gasteiger partial charge on any atom is -0.411 e. The van der Waals surface area contributed by atoms with Crippen LogP contribution in [0.2, 0.25) is 0 Å². The Labute approximate surface area is 71.0 Å². The van der Waals surface area contributed by atoms with Gasteiger partial charge in [0.1, 0.15) is 0 Å². The normalized spacial score (nSPS) is 9.67. The van der Waals surface area contributed by atoms with Crippen LogP contribution in [0, 0.1) is 0 Å². The summed E-state index contributed by atoms with van der Waals surface area (Å²) in [6.07, 6.45) is -0.968. The average molecular weight is 175 g/mol. The SMILES string of the molecule is CCNC(OC(C)=O)OC(C)=O. The van der Waals surface area contributed by atoms with Crippen molar-refractivity contribution in [3.8, 4) is 0 Å². The Morgan fingerprint density at radius 3 is 1.92 bits per heavy atom. The maximum absolute atomic E-state index is 10.5. The molecule has 0 aromatic carbocycles. The highest BCUT2D eigenvalue weighted by atomic mass is 16.7. The fourth-order valence-electron chi connectivity index (χ4n) is 0.576. The molecule has 0 aromatic heterocycles. The van der Waals surface area contributed by atoms with Crippen molar-refractivity contribution in [2.45, 2.75) is 27.2 Å². The number of carbonyl (C=O) groups is 2. The molecule has 0 unspecified atom stereocenters. The molecule has 0 rings (SSSR count). The van der Waals surface area contributed by atoms with Gasteiger partial charge in [-0.3, -0.25) is 9.59 Å². The van der Waals surface area contributed by atoms with Gasteiger partial charge in [0.05, 0.1) is 0 Å². The predicted molar refractivity (Wildman–Crippen MR) is 41.0 cm³/mol. The Morgan fingerprint density at radius 1 is 1.25 bits per heavy atom. The van der Waals surface area contributed by atoms with Crippen molar-refractivity contribution >= 4 is 11.9 Å². The molecule has 0 saturated carbocycles. The third-order valence-corrected chi connectivity index (χ3v) is 0.917. The quantitative estimate of drug-likeness (QED) is 0.481. The number of nitrogens with one attached hydrogen (secondary N) is 1. The van der Waals surface area contributed by atoms with Gasteiger partial charge in [0.2, 0.25) is 0 Å². The van der Waals surface area contributed by atoms with Gasteiger partial charge in [0.15, 0.2) is 0 Å². The van der Waals surface area contributed by atoms with Crippen LogP contribution < -0.4 is 5.32 Å². The molecule has 0 spiro atoms. The summed E-state index contributed by atoms with van der Waals surface area (Å²) in [5, 5.41) is 2.66. The van der Waals surface area contributed by atoms with Gasteiger partial charge in [-0.15, -0.1) is 0 Å². The lowest BCUT2D eigenvalue weighted by Gasteiger charge is -2.16. The molecule has 0 radical (unpaired) electrons. The Bertz CT molecular complexity index is 153. The van der Waals surface area contributed by atoms with E-state index >= 15 is 0 Å². The number of ether oxygens (including phenoxy) is 2. The van der Waals surface area contributed by atoms with Gasteiger partial charge in [-0.05, 0) is 6.54 Å². The van der Waals surface area contributed by atoms with Gasteiger partial charge in [-0.2, -0.15) is 0 Å². The molecule has 0 bridgehead atoms. The van der Waals surface area contributed by atoms with E-state index in [2.05, 4.69) is 14.8 Å². The second-order valence-corrected chi connectivity index (χ2v) is 2.11. The number of carbonyl (C=O) groups excluding carboxylic acids is 2. The van der Waals surface area contributed by atoms with Crippen LogP contribution in [-0.2, 0) is 19.1 Å². The van der Waals surface area contributed by atoms with Crippen LogP contribution in [0.15, 0.2) is 0 Å². The van der Waals surface area contributed by atoms with Gasteiger partial charge < -0.3 is 9.47 Å². The van der Waals surface area contributed by atoms with Crippen molar-refractivity contribution < 1.29 is 19.1 Å². The van der Waals surface area contributed by atoms with Gasteiger partial charge in [-0.1, -0.05) is 6.92 Å². The smallest absolute Gasteiger partial charge is 0.307 e. The summed E-state index contributed by atoms with van der Waals surface area (Å²) in [4.78, 5) is 20.9. The van der Waals surface area contributed by atoms with Crippen LogP contribution in [-0.4, -0.2) is 24.9 Å². The molecular formula is C7H13NO4. The van der Waals surface area contributed by atoms with Crippen LogP contribution in [0.4, 0.5) is 0 Å². The second kappa shape index (κ2) is 5.54. The summed E-state index contributed by atoms with van der Waals surface area (Å²) in [7, 11) is 0. The van der Waals surface area contributed by atoms with E-state index in [1.807, 2.05) is 0 Å². The van der Waals surface area contributed by atoms with E-state index in [1.165, 1.54) is 13.8 Å². The summed E-state index contributed by atoms with van der Waals surface area (Å²) in [6, 6.07) is 0. The third kappa shape index (κ3) is 5.67. The average Bonchev–Trinajstić information content (AvgIpc) is 1.84. The van der Waals surface area contributed by atoms with Gasteiger partial charge in [0.25, 0.3) is 0 Å². The topological polar surface area (TPSA) is 64.6 Å². The maximum Gasteiger partial charge on any atom is 0.307 e. The van der Waals surface area contributed by atoms with Crippen molar-refractivity contribution in [2.24, 2.45) is 0 Å². The first-order chi connectivity index (χ1) is 5.56. The molecule has 0 saturated heterocycles. The Kier molecular flexibility index (Phi) is 5.03. The molecule has 12 heavy (non-hydrogen) atoms. The van der Waals surface area contributed by atoms with E-state index < -0.39 is 18.4 Å². The highest BCUT2D eigenvalue weighted by Gasteiger charge is 2.12. The van der Waals surface area contributed by atoms with E-state index in [1.54, 1.807) is 6.92 Å². The van der Waals surface area contributed by atoms with E-state index in [0.717, 1.165) is 0 Å². The van der Waals surface area contributed by atoms with Crippen molar-refractivity contribution in [3.63, 3.8) is 0 Å². The Hall–Kier alpha value is -1.10. The monoisotopic (exact) mass is 175 g/mol. The molecule has 0 atom stereocenters. The number of hydrogen-bond acceptors (Lipinski definition) is 5. The summed E-state index contributed by atoms with van der Waals surface area (Å²) in [6.45, 7) is 4.84. The molecule has 0 amide bonds. The van der Waals surface area contributed by atoms with Gasteiger partial charge >= 0.3 is 18.4 Å². The summed E-state index contributed by atoms with van der Waals surface area (Å²) < 4.78 is 9.22. The van der Waals surface area contributed by atoms with Crippen LogP contribution in [0.3, 0.4) is 0 Å². The van der Waals surface area contributed by atoms with Crippen molar-refractivity contribution in [1.29, 1.82) is 0 Å². The first-order valence-corrected chi connectivity index (χ1v) is 3.64. The molecule has 1 N–H and O–H groups in total. The largest absolute Gasteiger partial charge is 0.411 e. The number of hydrogen-bond donors (Lipinski definition) is 1. The number of rotatable bonds is 4. The standard InChI is InChI=1S/C7H13NO4/c1-4-8-7(11-5(2)9)12-6(3)10/h7-8H,4H2,1-3H3. The molecule has 0 aliphatic carbocycles. The van der Waals surface area contributed by atoms with E-state index in [-0.39, 0.29) is 0 Å². The molecule has 0 aromatic rings. The molecule has 0 aliphatic heterocycles. The molecule has 0 fully saturated rings. The summed E-state index contributed by atoms with van der Waals surface area (Å²) in [5.74, 6) is -0.996. The molecule has 70 valence electrons. The lowest BCUT2D eigenvalue weighted by atomic mass is 10.7. The minimum atomic E-state index is -0.968. The zero-order chi connectivity index (χ0) is 9.56. The summed E-state index contributed by atoms with van der Waals surface area (Å²) in [5.41, 5.74) is 0. The van der Waals surface area contributed by atoms with Gasteiger partial charge in [-0.25, -0.2) is 5.32 Å². The lowest BCUT2D eigenvalue weighted by molar-refractivity contribution is -0.190. The van der Waals surface area contributed by atoms with Crippen molar-refractivity contribution in [3.05, 3.63) is 0 Å². The molecule has 0 aliphatic rings. The van der Waals surface area contributed by atoms with Gasteiger partial charge in [0, 0.05) is 13.8 Å². The summed E-state index contributed by atoms with van der Waals surface area (Å²) >= 11 is 0. The molecule has 5 heteroatoms. The fraction of sp³-hybridized carbons (Fsp3) is 0.714. The third-order valence-electron chi connectivity index (χ3n) is 0.917. The zero-order valence-electron chi connectivity index (χ0n) is 7.42. The minimum absolute atomic E-state index is 0.498. The highest BCUT2D eigenvalue weighted by molar-refractivity contribution is 5.68. The van der Waals surface area contributed by atoms with Crippen LogP contribution in [0.5, 0.6) is 0 Å². The predicted octanol–water partition coefficient (Wildman–Crippen LogP) is 0.00570. The highest BCUT2D eigenvalue weighted by Crippen LogP contribution is 1.91. The van der Waals surface area contributed by atoms with Crippen LogP contribution in [0.25, 0.3) is 0 Å². The van der Waals surface area contributed by atoms with Crippen LogP contribution in [0.1, 0.15) is 20.8 Å². The molecule has 0 heterocycles. The molecule has 5 nitrogen and oxygen atoms in total. The van der Waals surface area contributed by atoms with E-state index in [0.29, 0.717) is 6.54 Å². The first kappa shape index (κ1) is 10.9. The number of esters is 2. The van der Waals surface area contributed by atoms with E-state index in [9.17, 15) is 9.59 Å². The lowest BCUT2D eigenvalue weighted by Crippen LogP contribution is -2.36. The molecular weight excluding hydrogens is 162 g/mol. The van der Waals surface area contributed by atoms with E-state index in [4.69, 9.17) is 0 Å². The maximum atomic E-state index is 10.5. The Morgan fingerprint density at radius 2 is 1.67 bits per heavy atom. The first-order valence-electron chi connectivity index (χ1n) is 3.64. The van der Waals surface area contributed by atoms with Crippen molar-refractivity contribution in [1.82, 2.24) is 5.32 Å². The van der Waals surface area contributed by atoms with Crippen LogP contribution >= 0.6 is 0 Å². The zero-order valence-corrected chi connectivity index (χ0v) is 7.42. The second-order valence-electron chi connectivity index (χ2n) is 2.11. The van der Waals surface area contributed by atoms with Crippen molar-refractivity contribution in [2.75, 3.05) is 6.54 Å². The fourth-order valence-corrected chi connectivity index (χ4v) is 0.576.